The van der Waals surface area contributed by atoms with Crippen LogP contribution in [0.3, 0.4) is 0 Å². The molecule has 1 atom stereocenters. The predicted octanol–water partition coefficient (Wildman–Crippen LogP) is 4.10. The Morgan fingerprint density at radius 2 is 1.53 bits per heavy atom. The van der Waals surface area contributed by atoms with E-state index in [1.54, 1.807) is 25.3 Å². The van der Waals surface area contributed by atoms with Gasteiger partial charge in [-0.3, -0.25) is 34.2 Å². The normalized spacial score (nSPS) is 20.2. The van der Waals surface area contributed by atoms with Crippen LogP contribution in [-0.2, 0) is 9.59 Å². The maximum atomic E-state index is 13.3. The highest BCUT2D eigenvalue weighted by Gasteiger charge is 2.45. The molecule has 8 rings (SSSR count). The number of rotatable bonds is 8. The average molecular weight is 719 g/mol. The number of fused-ring (bicyclic) bond motifs is 2. The number of nitrogens with one attached hydrogen (secondary N) is 2. The molecule has 2 N–H and O–H groups in total. The van der Waals surface area contributed by atoms with Gasteiger partial charge in [0, 0.05) is 49.4 Å². The van der Waals surface area contributed by atoms with Gasteiger partial charge in [-0.15, -0.1) is 0 Å². The largest absolute Gasteiger partial charge is 0.497 e. The molecule has 0 aliphatic carbocycles. The number of hydrogen-bond donors (Lipinski definition) is 2. The summed E-state index contributed by atoms with van der Waals surface area (Å²) in [7, 11) is 3.08. The Labute approximate surface area is 306 Å². The van der Waals surface area contributed by atoms with Crippen LogP contribution in [0.5, 0.6) is 11.5 Å². The average Bonchev–Trinajstić information content (AvgIpc) is 3.42. The first-order valence-corrected chi connectivity index (χ1v) is 18.3. The summed E-state index contributed by atoms with van der Waals surface area (Å²) in [6, 6.07) is 16.1. The highest BCUT2D eigenvalue weighted by Crippen LogP contribution is 2.35. The van der Waals surface area contributed by atoms with Gasteiger partial charge in [-0.2, -0.15) is 0 Å². The second-order valence-corrected chi connectivity index (χ2v) is 14.4. The quantitative estimate of drug-likeness (QED) is 0.255. The topological polar surface area (TPSA) is 154 Å². The standard InChI is InChI=1S/C40H42N6O7/c1-52-28-20-31-35(33(21-28)53-2)38(49)43-36(41-31)25-3-6-27(7-4-25)45-17-11-23(12-18-45)22-44-15-13-24(14-16-44)26-5-8-29-30(19-26)40(51)46(39(29)50)32-9-10-34(47)42-37(32)48/h3-8,19-21,23-24,32H,9-18,22H2,1-2H3,(H,41,43,49)(H,42,47,48). The third-order valence-corrected chi connectivity index (χ3v) is 11.4. The first-order chi connectivity index (χ1) is 25.7. The van der Waals surface area contributed by atoms with E-state index in [2.05, 4.69) is 32.2 Å². The Balaban J connectivity index is 0.838. The van der Waals surface area contributed by atoms with Gasteiger partial charge in [0.25, 0.3) is 17.4 Å². The zero-order valence-corrected chi connectivity index (χ0v) is 29.9. The van der Waals surface area contributed by atoms with Crippen molar-refractivity contribution < 1.29 is 28.7 Å². The van der Waals surface area contributed by atoms with E-state index >= 15 is 0 Å². The molecule has 4 aliphatic heterocycles. The SMILES string of the molecule is COc1cc(OC)c2c(=O)[nH]c(-c3ccc(N4CCC(CN5CCC(c6ccc7c(c6)C(=O)N(C6CCC(=O)NC6=O)C7=O)CC5)CC4)cc3)nc2c1. The molecule has 3 aromatic carbocycles. The lowest BCUT2D eigenvalue weighted by Gasteiger charge is -2.38. The van der Waals surface area contributed by atoms with Crippen LogP contribution in [-0.4, -0.2) is 96.4 Å². The number of aromatic amines is 1. The molecule has 13 heteroatoms. The van der Waals surface area contributed by atoms with E-state index in [1.165, 1.54) is 7.11 Å². The molecule has 4 aliphatic rings. The Morgan fingerprint density at radius 3 is 2.23 bits per heavy atom. The summed E-state index contributed by atoms with van der Waals surface area (Å²) < 4.78 is 10.8. The number of imide groups is 2. The van der Waals surface area contributed by atoms with Gasteiger partial charge in [-0.25, -0.2) is 4.98 Å². The van der Waals surface area contributed by atoms with E-state index < -0.39 is 23.8 Å². The van der Waals surface area contributed by atoms with Crippen molar-refractivity contribution >= 4 is 40.2 Å². The molecule has 5 heterocycles. The molecule has 1 aromatic heterocycles. The fourth-order valence-corrected chi connectivity index (χ4v) is 8.39. The number of nitrogens with zero attached hydrogens (tertiary/aromatic N) is 4. The van der Waals surface area contributed by atoms with Gasteiger partial charge in [0.1, 0.15) is 28.8 Å². The van der Waals surface area contributed by atoms with Crippen LogP contribution < -0.4 is 25.2 Å². The van der Waals surface area contributed by atoms with E-state index in [9.17, 15) is 24.0 Å². The van der Waals surface area contributed by atoms with Crippen LogP contribution in [0.2, 0.25) is 0 Å². The number of H-pyrrole nitrogens is 1. The zero-order chi connectivity index (χ0) is 36.8. The van der Waals surface area contributed by atoms with Gasteiger partial charge in [0.05, 0.1) is 30.9 Å². The lowest BCUT2D eigenvalue weighted by molar-refractivity contribution is -0.136. The summed E-state index contributed by atoms with van der Waals surface area (Å²) in [5.41, 5.74) is 3.94. The first kappa shape index (κ1) is 34.5. The second kappa shape index (κ2) is 14.1. The van der Waals surface area contributed by atoms with Gasteiger partial charge >= 0.3 is 0 Å². The van der Waals surface area contributed by atoms with Crippen LogP contribution >= 0.6 is 0 Å². The molecule has 3 saturated heterocycles. The summed E-state index contributed by atoms with van der Waals surface area (Å²) in [5.74, 6) is 0.477. The Hall–Kier alpha value is -5.56. The number of likely N-dealkylation sites (tertiary alicyclic amines) is 1. The molecule has 274 valence electrons. The lowest BCUT2D eigenvalue weighted by atomic mass is 9.87. The van der Waals surface area contributed by atoms with Crippen LogP contribution in [0.4, 0.5) is 5.69 Å². The number of carbonyl (C=O) groups excluding carboxylic acids is 4. The summed E-state index contributed by atoms with van der Waals surface area (Å²) >= 11 is 0. The van der Waals surface area contributed by atoms with Crippen molar-refractivity contribution in [2.24, 2.45) is 5.92 Å². The van der Waals surface area contributed by atoms with Gasteiger partial charge < -0.3 is 24.3 Å². The minimum atomic E-state index is -0.956. The highest BCUT2D eigenvalue weighted by molar-refractivity contribution is 6.23. The monoisotopic (exact) mass is 718 g/mol. The molecule has 0 radical (unpaired) electrons. The molecule has 4 amide bonds. The van der Waals surface area contributed by atoms with Crippen molar-refractivity contribution in [2.45, 2.75) is 50.5 Å². The van der Waals surface area contributed by atoms with Crippen molar-refractivity contribution in [1.82, 2.24) is 25.1 Å². The maximum absolute atomic E-state index is 13.3. The smallest absolute Gasteiger partial charge is 0.262 e. The van der Waals surface area contributed by atoms with Gasteiger partial charge in [-0.1, -0.05) is 6.07 Å². The van der Waals surface area contributed by atoms with E-state index in [0.29, 0.717) is 51.2 Å². The van der Waals surface area contributed by atoms with Crippen molar-refractivity contribution in [3.63, 3.8) is 0 Å². The minimum Gasteiger partial charge on any atom is -0.497 e. The first-order valence-electron chi connectivity index (χ1n) is 18.3. The van der Waals surface area contributed by atoms with E-state index in [1.807, 2.05) is 24.3 Å². The molecule has 0 saturated carbocycles. The zero-order valence-electron chi connectivity index (χ0n) is 29.9. The third-order valence-electron chi connectivity index (χ3n) is 11.4. The molecule has 0 spiro atoms. The van der Waals surface area contributed by atoms with Crippen molar-refractivity contribution in [3.8, 4) is 22.9 Å². The van der Waals surface area contributed by atoms with Crippen LogP contribution in [0.1, 0.15) is 70.7 Å². The van der Waals surface area contributed by atoms with Crippen LogP contribution in [0, 0.1) is 5.92 Å². The van der Waals surface area contributed by atoms with E-state index in [0.717, 1.165) is 80.1 Å². The highest BCUT2D eigenvalue weighted by atomic mass is 16.5. The number of amides is 4. The lowest BCUT2D eigenvalue weighted by Crippen LogP contribution is -2.54. The van der Waals surface area contributed by atoms with Crippen molar-refractivity contribution in [1.29, 1.82) is 0 Å². The number of anilines is 1. The summed E-state index contributed by atoms with van der Waals surface area (Å²) in [5, 5.41) is 2.64. The number of benzene rings is 3. The molecular weight excluding hydrogens is 676 g/mol. The fourth-order valence-electron chi connectivity index (χ4n) is 8.39. The Bertz CT molecular complexity index is 2170. The number of ether oxygens (including phenoxy) is 2. The minimum absolute atomic E-state index is 0.102. The van der Waals surface area contributed by atoms with Gasteiger partial charge in [0.15, 0.2) is 0 Å². The number of methoxy groups -OCH3 is 2. The summed E-state index contributed by atoms with van der Waals surface area (Å²) in [6.45, 7) is 4.96. The Kier molecular flexibility index (Phi) is 9.19. The van der Waals surface area contributed by atoms with E-state index in [4.69, 9.17) is 14.5 Å². The number of carbonyl (C=O) groups is 4. The number of piperidine rings is 3. The number of aromatic nitrogens is 2. The predicted molar refractivity (Wildman–Crippen MR) is 197 cm³/mol. The van der Waals surface area contributed by atoms with Crippen molar-refractivity contribution in [3.05, 3.63) is 81.6 Å². The second-order valence-electron chi connectivity index (χ2n) is 14.4. The van der Waals surface area contributed by atoms with Crippen LogP contribution in [0.15, 0.2) is 59.4 Å². The Morgan fingerprint density at radius 1 is 0.792 bits per heavy atom. The molecule has 3 fully saturated rings. The van der Waals surface area contributed by atoms with E-state index in [-0.39, 0.29) is 24.3 Å². The molecule has 1 unspecified atom stereocenters. The molecule has 53 heavy (non-hydrogen) atoms. The third kappa shape index (κ3) is 6.54. The molecule has 4 aromatic rings. The van der Waals surface area contributed by atoms with Crippen molar-refractivity contribution in [2.75, 3.05) is 51.8 Å². The molecule has 13 nitrogen and oxygen atoms in total. The number of hydrogen-bond acceptors (Lipinski definition) is 10. The molecule has 0 bridgehead atoms. The van der Waals surface area contributed by atoms with Gasteiger partial charge in [0.2, 0.25) is 11.8 Å². The fraction of sp³-hybridized carbons (Fsp3) is 0.400. The molecular formula is C40H42N6O7. The summed E-state index contributed by atoms with van der Waals surface area (Å²) in [4.78, 5) is 77.1. The van der Waals surface area contributed by atoms with Gasteiger partial charge in [-0.05, 0) is 99.0 Å². The summed E-state index contributed by atoms with van der Waals surface area (Å²) in [6.07, 6.45) is 4.41. The van der Waals surface area contributed by atoms with Crippen LogP contribution in [0.25, 0.3) is 22.3 Å². The maximum Gasteiger partial charge on any atom is 0.262 e.